The van der Waals surface area contributed by atoms with Crippen LogP contribution < -0.4 is 10.5 Å². The number of hydrogen-bond donors (Lipinski definition) is 1. The van der Waals surface area contributed by atoms with E-state index < -0.39 is 6.04 Å². The number of benzene rings is 1. The van der Waals surface area contributed by atoms with Crippen molar-refractivity contribution < 1.29 is 9.53 Å². The number of ether oxygens (including phenoxy) is 1. The predicted molar refractivity (Wildman–Crippen MR) is 64.8 cm³/mol. The molecule has 2 N–H and O–H groups in total. The quantitative estimate of drug-likeness (QED) is 0.776. The van der Waals surface area contributed by atoms with Gasteiger partial charge in [0.1, 0.15) is 5.75 Å². The largest absolute Gasteiger partial charge is 0.497 e. The molecule has 0 fully saturated rings. The Morgan fingerprint density at radius 3 is 2.75 bits per heavy atom. The van der Waals surface area contributed by atoms with Crippen molar-refractivity contribution in [2.45, 2.75) is 26.3 Å². The highest BCUT2D eigenvalue weighted by Crippen LogP contribution is 2.16. The third-order valence-corrected chi connectivity index (χ3v) is 2.91. The maximum atomic E-state index is 12.0. The zero-order valence-electron chi connectivity index (χ0n) is 10.1. The third-order valence-electron chi connectivity index (χ3n) is 2.91. The van der Waals surface area contributed by atoms with Gasteiger partial charge in [0.25, 0.3) is 0 Å². The number of carbonyl (C=O) groups excluding carboxylic acids is 1. The highest BCUT2D eigenvalue weighted by Gasteiger charge is 2.20. The molecule has 0 spiro atoms. The van der Waals surface area contributed by atoms with E-state index >= 15 is 0 Å². The molecule has 2 unspecified atom stereocenters. The molecule has 0 aromatic heterocycles. The van der Waals surface area contributed by atoms with Crippen LogP contribution in [-0.4, -0.2) is 18.9 Å². The summed E-state index contributed by atoms with van der Waals surface area (Å²) in [4.78, 5) is 12.0. The van der Waals surface area contributed by atoms with Gasteiger partial charge in [-0.1, -0.05) is 32.4 Å². The van der Waals surface area contributed by atoms with Crippen LogP contribution in [0.25, 0.3) is 0 Å². The standard InChI is InChI=1S/C13H19NO2/c1-4-9(2)12(14)13(15)10-6-5-7-11(8-10)16-3/h5-9,12H,4,14H2,1-3H3. The molecule has 0 aliphatic rings. The number of nitrogens with two attached hydrogens (primary N) is 1. The molecule has 1 rings (SSSR count). The molecule has 0 saturated heterocycles. The first-order valence-corrected chi connectivity index (χ1v) is 5.54. The first-order chi connectivity index (χ1) is 7.60. The molecule has 16 heavy (non-hydrogen) atoms. The van der Waals surface area contributed by atoms with Crippen molar-refractivity contribution in [2.75, 3.05) is 7.11 Å². The van der Waals surface area contributed by atoms with Crippen molar-refractivity contribution in [3.8, 4) is 5.75 Å². The molecule has 88 valence electrons. The lowest BCUT2D eigenvalue weighted by Gasteiger charge is -2.17. The van der Waals surface area contributed by atoms with E-state index in [2.05, 4.69) is 0 Å². The van der Waals surface area contributed by atoms with Crippen LogP contribution in [0.15, 0.2) is 24.3 Å². The van der Waals surface area contributed by atoms with Crippen molar-refractivity contribution in [3.05, 3.63) is 29.8 Å². The molecule has 0 aliphatic heterocycles. The fourth-order valence-corrected chi connectivity index (χ4v) is 1.48. The van der Waals surface area contributed by atoms with Crippen molar-refractivity contribution in [3.63, 3.8) is 0 Å². The number of carbonyl (C=O) groups is 1. The molecule has 0 heterocycles. The van der Waals surface area contributed by atoms with E-state index in [9.17, 15) is 4.79 Å². The molecule has 1 aromatic rings. The van der Waals surface area contributed by atoms with Crippen LogP contribution in [0.5, 0.6) is 5.75 Å². The zero-order chi connectivity index (χ0) is 12.1. The minimum atomic E-state index is -0.433. The Balaban J connectivity index is 2.87. The molecule has 3 heteroatoms. The Morgan fingerprint density at radius 1 is 1.50 bits per heavy atom. The number of methoxy groups -OCH3 is 1. The summed E-state index contributed by atoms with van der Waals surface area (Å²) in [5, 5.41) is 0. The average Bonchev–Trinajstić information content (AvgIpc) is 2.36. The molecular weight excluding hydrogens is 202 g/mol. The summed E-state index contributed by atoms with van der Waals surface area (Å²) >= 11 is 0. The third kappa shape index (κ3) is 2.83. The molecule has 0 bridgehead atoms. The van der Waals surface area contributed by atoms with Gasteiger partial charge in [-0.25, -0.2) is 0 Å². The smallest absolute Gasteiger partial charge is 0.179 e. The first-order valence-electron chi connectivity index (χ1n) is 5.54. The van der Waals surface area contributed by atoms with Gasteiger partial charge >= 0.3 is 0 Å². The minimum Gasteiger partial charge on any atom is -0.497 e. The van der Waals surface area contributed by atoms with Crippen LogP contribution in [0.3, 0.4) is 0 Å². The van der Waals surface area contributed by atoms with E-state index in [-0.39, 0.29) is 11.7 Å². The summed E-state index contributed by atoms with van der Waals surface area (Å²) in [6.07, 6.45) is 0.900. The monoisotopic (exact) mass is 221 g/mol. The molecule has 2 atom stereocenters. The van der Waals surface area contributed by atoms with Gasteiger partial charge in [-0.05, 0) is 18.1 Å². The Bertz CT molecular complexity index is 363. The van der Waals surface area contributed by atoms with Gasteiger partial charge in [0, 0.05) is 5.56 Å². The summed E-state index contributed by atoms with van der Waals surface area (Å²) in [7, 11) is 1.58. The van der Waals surface area contributed by atoms with Crippen molar-refractivity contribution in [2.24, 2.45) is 11.7 Å². The van der Waals surface area contributed by atoms with Gasteiger partial charge in [0.2, 0.25) is 0 Å². The van der Waals surface area contributed by atoms with Gasteiger partial charge in [0.15, 0.2) is 5.78 Å². The van der Waals surface area contributed by atoms with E-state index in [1.807, 2.05) is 19.9 Å². The van der Waals surface area contributed by atoms with E-state index in [1.54, 1.807) is 25.3 Å². The second-order valence-corrected chi connectivity index (χ2v) is 4.01. The summed E-state index contributed by atoms with van der Waals surface area (Å²) in [5.41, 5.74) is 6.52. The molecule has 3 nitrogen and oxygen atoms in total. The average molecular weight is 221 g/mol. The number of Topliss-reactive ketones (excluding diaryl/α,β-unsaturated/α-hetero) is 1. The van der Waals surface area contributed by atoms with E-state index in [0.717, 1.165) is 6.42 Å². The molecule has 0 saturated carbocycles. The molecule has 0 amide bonds. The topological polar surface area (TPSA) is 52.3 Å². The molecule has 0 aliphatic carbocycles. The second kappa shape index (κ2) is 5.66. The summed E-state index contributed by atoms with van der Waals surface area (Å²) < 4.78 is 5.08. The lowest BCUT2D eigenvalue weighted by molar-refractivity contribution is 0.0934. The molecular formula is C13H19NO2. The Morgan fingerprint density at radius 2 is 2.19 bits per heavy atom. The predicted octanol–water partition coefficient (Wildman–Crippen LogP) is 2.25. The molecule has 0 radical (unpaired) electrons. The maximum Gasteiger partial charge on any atom is 0.179 e. The van der Waals surface area contributed by atoms with Crippen molar-refractivity contribution in [1.29, 1.82) is 0 Å². The second-order valence-electron chi connectivity index (χ2n) is 4.01. The van der Waals surface area contributed by atoms with E-state index in [0.29, 0.717) is 11.3 Å². The number of rotatable bonds is 5. The van der Waals surface area contributed by atoms with Crippen LogP contribution in [0.4, 0.5) is 0 Å². The van der Waals surface area contributed by atoms with Crippen LogP contribution in [0.2, 0.25) is 0 Å². The summed E-state index contributed by atoms with van der Waals surface area (Å²) in [6, 6.07) is 6.68. The van der Waals surface area contributed by atoms with E-state index in [4.69, 9.17) is 10.5 Å². The Kier molecular flexibility index (Phi) is 4.50. The summed E-state index contributed by atoms with van der Waals surface area (Å²) in [5.74, 6) is 0.856. The zero-order valence-corrected chi connectivity index (χ0v) is 10.1. The van der Waals surface area contributed by atoms with Crippen molar-refractivity contribution in [1.82, 2.24) is 0 Å². The maximum absolute atomic E-state index is 12.0. The highest BCUT2D eigenvalue weighted by atomic mass is 16.5. The fourth-order valence-electron chi connectivity index (χ4n) is 1.48. The summed E-state index contributed by atoms with van der Waals surface area (Å²) in [6.45, 7) is 4.02. The Labute approximate surface area is 96.6 Å². The SMILES string of the molecule is CCC(C)C(N)C(=O)c1cccc(OC)c1. The fraction of sp³-hybridized carbons (Fsp3) is 0.462. The van der Waals surface area contributed by atoms with Crippen LogP contribution in [0.1, 0.15) is 30.6 Å². The minimum absolute atomic E-state index is 0.0201. The highest BCUT2D eigenvalue weighted by molar-refractivity contribution is 6.00. The lowest BCUT2D eigenvalue weighted by Crippen LogP contribution is -2.36. The number of ketones is 1. The van der Waals surface area contributed by atoms with Gasteiger partial charge in [0.05, 0.1) is 13.2 Å². The van der Waals surface area contributed by atoms with Crippen LogP contribution in [0, 0.1) is 5.92 Å². The number of hydrogen-bond acceptors (Lipinski definition) is 3. The van der Waals surface area contributed by atoms with Crippen LogP contribution >= 0.6 is 0 Å². The van der Waals surface area contributed by atoms with E-state index in [1.165, 1.54) is 0 Å². The van der Waals surface area contributed by atoms with Gasteiger partial charge < -0.3 is 10.5 Å². The normalized spacial score (nSPS) is 14.2. The van der Waals surface area contributed by atoms with Gasteiger partial charge in [-0.15, -0.1) is 0 Å². The lowest BCUT2D eigenvalue weighted by atomic mass is 9.92. The Hall–Kier alpha value is -1.35. The van der Waals surface area contributed by atoms with Crippen LogP contribution in [-0.2, 0) is 0 Å². The molecule has 1 aromatic carbocycles. The first kappa shape index (κ1) is 12.7. The van der Waals surface area contributed by atoms with Gasteiger partial charge in [-0.2, -0.15) is 0 Å². The van der Waals surface area contributed by atoms with Crippen molar-refractivity contribution >= 4 is 5.78 Å². The van der Waals surface area contributed by atoms with Gasteiger partial charge in [-0.3, -0.25) is 4.79 Å².